The highest BCUT2D eigenvalue weighted by atomic mass is 28.3. The van der Waals surface area contributed by atoms with E-state index in [1.165, 1.54) is 24.3 Å². The summed E-state index contributed by atoms with van der Waals surface area (Å²) in [6.45, 7) is 0. The Morgan fingerprint density at radius 3 is 1.55 bits per heavy atom. The number of hydrogen-bond acceptors (Lipinski definition) is 0. The molecule has 0 aromatic heterocycles. The Morgan fingerprint density at radius 2 is 0.939 bits per heavy atom. The van der Waals surface area contributed by atoms with Crippen molar-refractivity contribution < 1.29 is 26.3 Å². The van der Waals surface area contributed by atoms with Gasteiger partial charge in [0.2, 0.25) is 0 Å². The first-order valence-electron chi connectivity index (χ1n) is 10.1. The SMILES string of the molecule is FC(F)(F)c1ccc(-c2ccccc2[Si]2c3ccccc3-c3ccc(C(F)(F)F)cc32)cc1. The van der Waals surface area contributed by atoms with E-state index in [1.54, 1.807) is 6.07 Å². The van der Waals surface area contributed by atoms with Crippen molar-refractivity contribution in [1.29, 1.82) is 0 Å². The van der Waals surface area contributed by atoms with Crippen LogP contribution in [0.2, 0.25) is 0 Å². The van der Waals surface area contributed by atoms with Crippen LogP contribution in [0.5, 0.6) is 0 Å². The van der Waals surface area contributed by atoms with E-state index in [0.717, 1.165) is 45.3 Å². The van der Waals surface area contributed by atoms with Crippen LogP contribution in [0, 0.1) is 0 Å². The molecule has 1 aliphatic heterocycles. The van der Waals surface area contributed by atoms with E-state index < -0.39 is 32.3 Å². The van der Waals surface area contributed by atoms with Crippen LogP contribution >= 0.6 is 0 Å². The molecule has 0 saturated carbocycles. The first kappa shape index (κ1) is 21.5. The van der Waals surface area contributed by atoms with Crippen molar-refractivity contribution in [2.45, 2.75) is 12.4 Å². The Hall–Kier alpha value is -3.32. The molecule has 0 nitrogen and oxygen atoms in total. The zero-order chi connectivity index (χ0) is 23.4. The number of hydrogen-bond donors (Lipinski definition) is 0. The average Bonchev–Trinajstić information content (AvgIpc) is 3.12. The van der Waals surface area contributed by atoms with Gasteiger partial charge in [0.05, 0.1) is 11.1 Å². The number of alkyl halides is 6. The maximum atomic E-state index is 13.5. The number of rotatable bonds is 2. The molecule has 0 N–H and O–H groups in total. The second-order valence-corrected chi connectivity index (χ2v) is 10.2. The summed E-state index contributed by atoms with van der Waals surface area (Å²) >= 11 is 0. The Balaban J connectivity index is 1.70. The summed E-state index contributed by atoms with van der Waals surface area (Å²) in [5.41, 5.74) is 1.54. The Labute approximate surface area is 187 Å². The molecule has 0 spiro atoms. The molecule has 165 valence electrons. The van der Waals surface area contributed by atoms with E-state index in [9.17, 15) is 26.3 Å². The maximum absolute atomic E-state index is 13.5. The summed E-state index contributed by atoms with van der Waals surface area (Å²) in [5, 5.41) is 2.44. The predicted molar refractivity (Wildman–Crippen MR) is 118 cm³/mol. The summed E-state index contributed by atoms with van der Waals surface area (Å²) in [6, 6.07) is 23.6. The summed E-state index contributed by atoms with van der Waals surface area (Å²) in [7, 11) is -1.82. The van der Waals surface area contributed by atoms with Crippen LogP contribution in [0.4, 0.5) is 26.3 Å². The van der Waals surface area contributed by atoms with Crippen LogP contribution in [0.15, 0.2) is 91.0 Å². The fourth-order valence-corrected chi connectivity index (χ4v) is 7.49. The molecule has 1 radical (unpaired) electrons. The fraction of sp³-hybridized carbons (Fsp3) is 0.0769. The summed E-state index contributed by atoms with van der Waals surface area (Å²) in [6.07, 6.45) is -8.91. The van der Waals surface area contributed by atoms with Gasteiger partial charge < -0.3 is 0 Å². The summed E-state index contributed by atoms with van der Waals surface area (Å²) in [4.78, 5) is 0. The van der Waals surface area contributed by atoms with E-state index >= 15 is 0 Å². The van der Waals surface area contributed by atoms with Crippen molar-refractivity contribution in [2.75, 3.05) is 0 Å². The molecule has 0 saturated heterocycles. The van der Waals surface area contributed by atoms with E-state index in [2.05, 4.69) is 0 Å². The predicted octanol–water partition coefficient (Wildman–Crippen LogP) is 5.89. The molecule has 0 fully saturated rings. The summed E-state index contributed by atoms with van der Waals surface area (Å²) in [5.74, 6) is 0. The molecule has 0 bridgehead atoms. The second kappa shape index (κ2) is 7.62. The van der Waals surface area contributed by atoms with Gasteiger partial charge >= 0.3 is 12.4 Å². The van der Waals surface area contributed by atoms with Gasteiger partial charge in [-0.25, -0.2) is 0 Å². The maximum Gasteiger partial charge on any atom is 0.416 e. The first-order valence-corrected chi connectivity index (χ1v) is 11.6. The molecular formula is C26H15F6Si. The Morgan fingerprint density at radius 1 is 0.455 bits per heavy atom. The highest BCUT2D eigenvalue weighted by molar-refractivity contribution is 6.99. The molecule has 4 aromatic carbocycles. The van der Waals surface area contributed by atoms with Crippen LogP contribution in [0.1, 0.15) is 11.1 Å². The third-order valence-electron chi connectivity index (χ3n) is 5.82. The second-order valence-electron chi connectivity index (χ2n) is 7.80. The van der Waals surface area contributed by atoms with Crippen molar-refractivity contribution in [3.63, 3.8) is 0 Å². The smallest absolute Gasteiger partial charge is 0.166 e. The largest absolute Gasteiger partial charge is 0.416 e. The highest BCUT2D eigenvalue weighted by Crippen LogP contribution is 2.33. The quantitative estimate of drug-likeness (QED) is 0.224. The summed E-state index contributed by atoms with van der Waals surface area (Å²) < 4.78 is 79.6. The van der Waals surface area contributed by atoms with Crippen molar-refractivity contribution in [2.24, 2.45) is 0 Å². The lowest BCUT2D eigenvalue weighted by molar-refractivity contribution is -0.138. The first-order chi connectivity index (χ1) is 15.6. The molecular weight excluding hydrogens is 454 g/mol. The molecule has 5 rings (SSSR count). The number of fused-ring (bicyclic) bond motifs is 3. The normalized spacial score (nSPS) is 13.6. The van der Waals surface area contributed by atoms with Gasteiger partial charge in [-0.05, 0) is 62.1 Å². The molecule has 7 heteroatoms. The zero-order valence-electron chi connectivity index (χ0n) is 16.9. The van der Waals surface area contributed by atoms with Gasteiger partial charge in [0.15, 0.2) is 8.80 Å². The molecule has 0 aliphatic carbocycles. The Kier molecular flexibility index (Phi) is 4.97. The van der Waals surface area contributed by atoms with E-state index in [0.29, 0.717) is 10.8 Å². The minimum absolute atomic E-state index is 0.592. The lowest BCUT2D eigenvalue weighted by Crippen LogP contribution is -2.49. The van der Waals surface area contributed by atoms with Crippen LogP contribution in [0.25, 0.3) is 22.3 Å². The minimum Gasteiger partial charge on any atom is -0.166 e. The van der Waals surface area contributed by atoms with Gasteiger partial charge in [-0.1, -0.05) is 66.7 Å². The Bertz CT molecular complexity index is 1340. The van der Waals surface area contributed by atoms with Crippen LogP contribution < -0.4 is 15.6 Å². The molecule has 1 aliphatic rings. The standard InChI is InChI=1S/C26H15F6Si/c27-25(28,29)17-11-9-16(10-12-17)19-5-1-3-7-22(19)33-23-8-4-2-6-20(23)21-14-13-18(15-24(21)33)26(30,31)32/h1-15H. The monoisotopic (exact) mass is 469 g/mol. The van der Waals surface area contributed by atoms with Crippen LogP contribution in [-0.2, 0) is 12.4 Å². The van der Waals surface area contributed by atoms with Gasteiger partial charge in [-0.2, -0.15) is 26.3 Å². The minimum atomic E-state index is -4.47. The van der Waals surface area contributed by atoms with E-state index in [1.807, 2.05) is 42.5 Å². The van der Waals surface area contributed by atoms with Gasteiger partial charge in [0.25, 0.3) is 0 Å². The number of benzene rings is 4. The lowest BCUT2D eigenvalue weighted by atomic mass is 10.0. The fourth-order valence-electron chi connectivity index (χ4n) is 4.33. The molecule has 4 aromatic rings. The third-order valence-corrected chi connectivity index (χ3v) is 8.72. The zero-order valence-corrected chi connectivity index (χ0v) is 17.9. The van der Waals surface area contributed by atoms with Gasteiger partial charge in [-0.3, -0.25) is 0 Å². The van der Waals surface area contributed by atoms with Crippen molar-refractivity contribution in [3.05, 3.63) is 102 Å². The molecule has 1 heterocycles. The van der Waals surface area contributed by atoms with Crippen LogP contribution in [0.3, 0.4) is 0 Å². The van der Waals surface area contributed by atoms with E-state index in [-0.39, 0.29) is 0 Å². The van der Waals surface area contributed by atoms with Gasteiger partial charge in [0.1, 0.15) is 0 Å². The third kappa shape index (κ3) is 3.76. The lowest BCUT2D eigenvalue weighted by Gasteiger charge is -2.18. The van der Waals surface area contributed by atoms with Crippen molar-refractivity contribution >= 4 is 24.4 Å². The van der Waals surface area contributed by atoms with Crippen molar-refractivity contribution in [1.82, 2.24) is 0 Å². The molecule has 0 unspecified atom stereocenters. The molecule has 0 atom stereocenters. The van der Waals surface area contributed by atoms with Gasteiger partial charge in [0, 0.05) is 0 Å². The van der Waals surface area contributed by atoms with E-state index in [4.69, 9.17) is 0 Å². The topological polar surface area (TPSA) is 0 Å². The number of halogens is 6. The van der Waals surface area contributed by atoms with Crippen molar-refractivity contribution in [3.8, 4) is 22.3 Å². The average molecular weight is 469 g/mol. The van der Waals surface area contributed by atoms with Gasteiger partial charge in [-0.15, -0.1) is 0 Å². The van der Waals surface area contributed by atoms with Crippen LogP contribution in [-0.4, -0.2) is 8.80 Å². The molecule has 33 heavy (non-hydrogen) atoms. The highest BCUT2D eigenvalue weighted by Gasteiger charge is 2.37. The molecule has 0 amide bonds.